The van der Waals surface area contributed by atoms with Gasteiger partial charge in [0.05, 0.1) is 12.2 Å². The number of hydrogen-bond donors (Lipinski definition) is 1. The van der Waals surface area contributed by atoms with Gasteiger partial charge in [-0.15, -0.1) is 0 Å². The van der Waals surface area contributed by atoms with Crippen LogP contribution in [0, 0.1) is 5.92 Å². The Hall–Kier alpha value is -1.20. The van der Waals surface area contributed by atoms with E-state index in [2.05, 4.69) is 74.3 Å². The molecule has 3 atom stereocenters. The third-order valence-corrected chi connectivity index (χ3v) is 9.84. The van der Waals surface area contributed by atoms with E-state index in [4.69, 9.17) is 9.47 Å². The van der Waals surface area contributed by atoms with Crippen molar-refractivity contribution < 1.29 is 14.6 Å². The van der Waals surface area contributed by atoms with Crippen molar-refractivity contribution in [3.05, 3.63) is 48.6 Å². The molecule has 0 amide bonds. The molecule has 1 N–H and O–H groups in total. The van der Waals surface area contributed by atoms with E-state index in [1.807, 2.05) is 0 Å². The molecule has 0 saturated carbocycles. The van der Waals surface area contributed by atoms with E-state index in [1.165, 1.54) is 128 Å². The first-order valence-electron chi connectivity index (χ1n) is 21.4. The minimum absolute atomic E-state index is 0.184. The molecule has 1 heterocycles. The van der Waals surface area contributed by atoms with Crippen LogP contribution in [0.2, 0.25) is 0 Å². The lowest BCUT2D eigenvalue weighted by atomic mass is 10.1. The number of hydrogen-bond acceptors (Lipinski definition) is 4. The molecule has 0 aromatic carbocycles. The topological polar surface area (TPSA) is 41.9 Å². The van der Waals surface area contributed by atoms with Crippen LogP contribution in [0.4, 0.5) is 0 Å². The van der Waals surface area contributed by atoms with Crippen LogP contribution in [0.3, 0.4) is 0 Å². The predicted molar refractivity (Wildman–Crippen MR) is 216 cm³/mol. The van der Waals surface area contributed by atoms with Gasteiger partial charge in [-0.25, -0.2) is 0 Å². The highest BCUT2D eigenvalue weighted by molar-refractivity contribution is 4.93. The minimum Gasteiger partial charge on any atom is -0.396 e. The maximum atomic E-state index is 9.37. The van der Waals surface area contributed by atoms with Crippen molar-refractivity contribution in [1.29, 1.82) is 0 Å². The predicted octanol–water partition coefficient (Wildman–Crippen LogP) is 12.7. The van der Waals surface area contributed by atoms with Crippen LogP contribution in [0.1, 0.15) is 181 Å². The SMILES string of the molecule is CCCCC/C=C\C/C=C\CCCCCCCCO[C@@H]1CN(CC(C)CCO)C[C@H]1OCCCCCCCC/C=C\C/C=C\CCCCC. The van der Waals surface area contributed by atoms with Crippen LogP contribution in [0.15, 0.2) is 48.6 Å². The average molecular weight is 686 g/mol. The second-order valence-corrected chi connectivity index (χ2v) is 14.8. The Balaban J connectivity index is 2.12. The van der Waals surface area contributed by atoms with Gasteiger partial charge in [-0.05, 0) is 89.4 Å². The van der Waals surface area contributed by atoms with Gasteiger partial charge in [0.15, 0.2) is 0 Å². The van der Waals surface area contributed by atoms with Crippen LogP contribution in [0.5, 0.6) is 0 Å². The van der Waals surface area contributed by atoms with Gasteiger partial charge >= 0.3 is 0 Å². The van der Waals surface area contributed by atoms with E-state index in [0.29, 0.717) is 5.92 Å². The van der Waals surface area contributed by atoms with Gasteiger partial charge in [-0.1, -0.05) is 146 Å². The lowest BCUT2D eigenvalue weighted by molar-refractivity contribution is -0.0481. The number of rotatable bonds is 36. The summed E-state index contributed by atoms with van der Waals surface area (Å²) in [5.74, 6) is 0.504. The second kappa shape index (κ2) is 36.6. The molecule has 0 aromatic heterocycles. The Bertz CT molecular complexity index is 732. The molecule has 286 valence electrons. The summed E-state index contributed by atoms with van der Waals surface area (Å²) in [5.41, 5.74) is 0. The van der Waals surface area contributed by atoms with Gasteiger partial charge in [-0.2, -0.15) is 0 Å². The van der Waals surface area contributed by atoms with Crippen molar-refractivity contribution in [3.63, 3.8) is 0 Å². The first-order valence-corrected chi connectivity index (χ1v) is 21.4. The Morgan fingerprint density at radius 1 is 0.531 bits per heavy atom. The summed E-state index contributed by atoms with van der Waals surface area (Å²) < 4.78 is 12.9. The Morgan fingerprint density at radius 3 is 1.29 bits per heavy atom. The molecular formula is C45H83NO3. The Kier molecular flexibility index (Phi) is 34.2. The molecule has 0 radical (unpaired) electrons. The van der Waals surface area contributed by atoms with Gasteiger partial charge in [0.25, 0.3) is 0 Å². The first-order chi connectivity index (χ1) is 24.2. The van der Waals surface area contributed by atoms with E-state index in [9.17, 15) is 5.11 Å². The number of ether oxygens (including phenoxy) is 2. The second-order valence-electron chi connectivity index (χ2n) is 14.8. The van der Waals surface area contributed by atoms with Gasteiger partial charge in [0.1, 0.15) is 0 Å². The summed E-state index contributed by atoms with van der Waals surface area (Å²) in [6.07, 6.45) is 50.5. The van der Waals surface area contributed by atoms with Crippen molar-refractivity contribution in [2.75, 3.05) is 39.5 Å². The molecule has 1 saturated heterocycles. The van der Waals surface area contributed by atoms with E-state index in [-0.39, 0.29) is 18.8 Å². The number of likely N-dealkylation sites (tertiary alicyclic amines) is 1. The quantitative estimate of drug-likeness (QED) is 0.0526. The van der Waals surface area contributed by atoms with Gasteiger partial charge in [0.2, 0.25) is 0 Å². The largest absolute Gasteiger partial charge is 0.396 e. The lowest BCUT2D eigenvalue weighted by Gasteiger charge is -2.20. The Morgan fingerprint density at radius 2 is 0.898 bits per heavy atom. The normalized spacial score (nSPS) is 18.0. The number of aliphatic hydroxyl groups is 1. The van der Waals surface area contributed by atoms with Gasteiger partial charge in [-0.3, -0.25) is 4.90 Å². The molecular weight excluding hydrogens is 602 g/mol. The molecule has 0 aliphatic carbocycles. The highest BCUT2D eigenvalue weighted by Crippen LogP contribution is 2.21. The lowest BCUT2D eigenvalue weighted by Crippen LogP contribution is -2.30. The number of allylic oxidation sites excluding steroid dienone is 8. The number of aliphatic hydroxyl groups excluding tert-OH is 1. The van der Waals surface area contributed by atoms with E-state index >= 15 is 0 Å². The van der Waals surface area contributed by atoms with E-state index < -0.39 is 0 Å². The van der Waals surface area contributed by atoms with E-state index in [0.717, 1.165) is 65.0 Å². The van der Waals surface area contributed by atoms with Crippen LogP contribution < -0.4 is 0 Å². The van der Waals surface area contributed by atoms with Crippen LogP contribution in [0.25, 0.3) is 0 Å². The smallest absolute Gasteiger partial charge is 0.0975 e. The Labute approximate surface area is 306 Å². The highest BCUT2D eigenvalue weighted by atomic mass is 16.5. The van der Waals surface area contributed by atoms with Crippen LogP contribution >= 0.6 is 0 Å². The number of nitrogens with zero attached hydrogens (tertiary/aromatic N) is 1. The summed E-state index contributed by atoms with van der Waals surface area (Å²) in [6.45, 7) is 11.7. The average Bonchev–Trinajstić information content (AvgIpc) is 3.48. The minimum atomic E-state index is 0.184. The van der Waals surface area contributed by atoms with Crippen LogP contribution in [-0.2, 0) is 9.47 Å². The molecule has 49 heavy (non-hydrogen) atoms. The molecule has 1 rings (SSSR count). The third kappa shape index (κ3) is 30.2. The number of unbranched alkanes of at least 4 members (excludes halogenated alkanes) is 18. The van der Waals surface area contributed by atoms with Crippen LogP contribution in [-0.4, -0.2) is 61.7 Å². The maximum Gasteiger partial charge on any atom is 0.0975 e. The summed E-state index contributed by atoms with van der Waals surface area (Å²) in [6, 6.07) is 0. The molecule has 0 bridgehead atoms. The summed E-state index contributed by atoms with van der Waals surface area (Å²) >= 11 is 0. The molecule has 0 spiro atoms. The molecule has 1 unspecified atom stereocenters. The van der Waals surface area contributed by atoms with Gasteiger partial charge < -0.3 is 14.6 Å². The summed E-state index contributed by atoms with van der Waals surface area (Å²) in [4.78, 5) is 2.51. The monoisotopic (exact) mass is 686 g/mol. The molecule has 1 aliphatic heterocycles. The fourth-order valence-electron chi connectivity index (χ4n) is 6.69. The van der Waals surface area contributed by atoms with Crippen molar-refractivity contribution in [2.24, 2.45) is 5.92 Å². The molecule has 4 nitrogen and oxygen atoms in total. The summed E-state index contributed by atoms with van der Waals surface area (Å²) in [7, 11) is 0. The highest BCUT2D eigenvalue weighted by Gasteiger charge is 2.34. The molecule has 0 aromatic rings. The third-order valence-electron chi connectivity index (χ3n) is 9.84. The molecule has 4 heteroatoms. The van der Waals surface area contributed by atoms with Crippen molar-refractivity contribution in [1.82, 2.24) is 4.90 Å². The van der Waals surface area contributed by atoms with Crippen molar-refractivity contribution in [3.8, 4) is 0 Å². The van der Waals surface area contributed by atoms with Gasteiger partial charge in [0, 0.05) is 39.5 Å². The fourth-order valence-corrected chi connectivity index (χ4v) is 6.69. The van der Waals surface area contributed by atoms with Crippen molar-refractivity contribution >= 4 is 0 Å². The van der Waals surface area contributed by atoms with Crippen molar-refractivity contribution in [2.45, 2.75) is 193 Å². The standard InChI is InChI=1S/C45H83NO3/c1-4-6-8-10-12-14-16-18-20-22-24-26-28-30-32-34-38-48-44-41-46(40-43(3)36-37-47)42-45(44)49-39-35-33-31-29-27-25-23-21-19-17-15-13-11-9-7-5-2/h12-15,18-21,43-45,47H,4-11,16-17,22-42H2,1-3H3/b14-12-,15-13-,20-18-,21-19-/t43?,44-,45-/m1/s1. The first kappa shape index (κ1) is 45.8. The zero-order chi connectivity index (χ0) is 35.3. The molecule has 1 aliphatic rings. The summed E-state index contributed by atoms with van der Waals surface area (Å²) in [5, 5.41) is 9.37. The fraction of sp³-hybridized carbons (Fsp3) is 0.822. The van der Waals surface area contributed by atoms with E-state index in [1.54, 1.807) is 0 Å². The maximum absolute atomic E-state index is 9.37. The molecule has 1 fully saturated rings. The zero-order valence-electron chi connectivity index (χ0n) is 33.0. The zero-order valence-corrected chi connectivity index (χ0v) is 33.0.